The predicted molar refractivity (Wildman–Crippen MR) is 108 cm³/mol. The van der Waals surface area contributed by atoms with Gasteiger partial charge in [0.05, 0.1) is 12.7 Å². The van der Waals surface area contributed by atoms with E-state index in [1.165, 1.54) is 11.1 Å². The van der Waals surface area contributed by atoms with Crippen LogP contribution in [0.3, 0.4) is 0 Å². The second kappa shape index (κ2) is 7.92. The number of rotatable bonds is 5. The Bertz CT molecular complexity index is 777. The van der Waals surface area contributed by atoms with E-state index in [-0.39, 0.29) is 0 Å². The first-order chi connectivity index (χ1) is 12.5. The minimum absolute atomic E-state index is 0.583. The summed E-state index contributed by atoms with van der Waals surface area (Å²) in [4.78, 5) is 0. The van der Waals surface area contributed by atoms with E-state index >= 15 is 0 Å². The number of hydrogen-bond donors (Lipinski definition) is 1. The van der Waals surface area contributed by atoms with Crippen LogP contribution in [-0.2, 0) is 0 Å². The highest BCUT2D eigenvalue weighted by Gasteiger charge is 2.21. The topological polar surface area (TPSA) is 29.5 Å². The van der Waals surface area contributed by atoms with Crippen molar-refractivity contribution >= 4 is 5.57 Å². The number of benzene rings is 2. The molecule has 26 heavy (non-hydrogen) atoms. The first-order valence-corrected chi connectivity index (χ1v) is 9.30. The molecule has 1 aliphatic carbocycles. The van der Waals surface area contributed by atoms with E-state index in [0.29, 0.717) is 5.92 Å². The largest absolute Gasteiger partial charge is 0.497 e. The van der Waals surface area contributed by atoms with Gasteiger partial charge in [-0.3, -0.25) is 0 Å². The molecule has 0 bridgehead atoms. The quantitative estimate of drug-likeness (QED) is 0.746. The van der Waals surface area contributed by atoms with Crippen molar-refractivity contribution in [1.29, 1.82) is 0 Å². The molecule has 0 aromatic heterocycles. The third kappa shape index (κ3) is 4.64. The van der Waals surface area contributed by atoms with Crippen molar-refractivity contribution in [2.75, 3.05) is 7.11 Å². The Kier molecular flexibility index (Phi) is 5.63. The summed E-state index contributed by atoms with van der Waals surface area (Å²) in [6.07, 6.45) is 7.52. The van der Waals surface area contributed by atoms with Crippen LogP contribution in [0.4, 0.5) is 0 Å². The smallest absolute Gasteiger partial charge is 0.118 e. The summed E-state index contributed by atoms with van der Waals surface area (Å²) in [7, 11) is 1.68. The highest BCUT2D eigenvalue weighted by atomic mass is 16.5. The van der Waals surface area contributed by atoms with Crippen LogP contribution in [-0.4, -0.2) is 17.8 Å². The van der Waals surface area contributed by atoms with Crippen molar-refractivity contribution < 1.29 is 9.84 Å². The Morgan fingerprint density at radius 1 is 1.08 bits per heavy atom. The third-order valence-electron chi connectivity index (χ3n) is 4.93. The molecule has 0 aliphatic heterocycles. The van der Waals surface area contributed by atoms with Crippen LogP contribution < -0.4 is 4.74 Å². The normalized spacial score (nSPS) is 18.4. The van der Waals surface area contributed by atoms with Crippen molar-refractivity contribution in [3.63, 3.8) is 0 Å². The van der Waals surface area contributed by atoms with Gasteiger partial charge < -0.3 is 9.84 Å². The lowest BCUT2D eigenvalue weighted by molar-refractivity contribution is 0.133. The molecule has 0 amide bonds. The van der Waals surface area contributed by atoms with E-state index in [2.05, 4.69) is 48.5 Å². The molecule has 1 aliphatic rings. The Labute approximate surface area is 156 Å². The van der Waals surface area contributed by atoms with Crippen molar-refractivity contribution in [2.24, 2.45) is 0 Å². The molecule has 0 fully saturated rings. The van der Waals surface area contributed by atoms with Gasteiger partial charge in [-0.05, 0) is 79.5 Å². The van der Waals surface area contributed by atoms with Crippen LogP contribution in [0, 0.1) is 0 Å². The van der Waals surface area contributed by atoms with E-state index in [0.717, 1.165) is 36.1 Å². The zero-order valence-electron chi connectivity index (χ0n) is 15.9. The van der Waals surface area contributed by atoms with Crippen molar-refractivity contribution in [1.82, 2.24) is 0 Å². The fourth-order valence-corrected chi connectivity index (χ4v) is 3.59. The van der Waals surface area contributed by atoms with Gasteiger partial charge in [0.15, 0.2) is 0 Å². The number of ether oxygens (including phenoxy) is 1. The number of hydrogen-bond acceptors (Lipinski definition) is 2. The molecular weight excluding hydrogens is 320 g/mol. The molecule has 0 radical (unpaired) electrons. The average Bonchev–Trinajstić information content (AvgIpc) is 2.66. The molecule has 0 saturated carbocycles. The van der Waals surface area contributed by atoms with Gasteiger partial charge >= 0.3 is 0 Å². The molecule has 0 saturated heterocycles. The lowest BCUT2D eigenvalue weighted by atomic mass is 9.80. The predicted octanol–water partition coefficient (Wildman–Crippen LogP) is 5.74. The fourth-order valence-electron chi connectivity index (χ4n) is 3.59. The molecule has 136 valence electrons. The van der Waals surface area contributed by atoms with Gasteiger partial charge in [-0.1, -0.05) is 48.5 Å². The van der Waals surface area contributed by atoms with Crippen LogP contribution in [0.1, 0.15) is 50.2 Å². The number of aliphatic hydroxyl groups is 1. The zero-order valence-corrected chi connectivity index (χ0v) is 15.9. The molecule has 0 spiro atoms. The average molecular weight is 348 g/mol. The number of allylic oxidation sites excluding steroid dienone is 3. The molecule has 1 unspecified atom stereocenters. The SMILES string of the molecule is COc1ccc(/C(=C\C(C)(C)O)C2=CCC(c3ccccc3)CC2)cc1. The summed E-state index contributed by atoms with van der Waals surface area (Å²) >= 11 is 0. The van der Waals surface area contributed by atoms with Crippen molar-refractivity contribution in [3.8, 4) is 5.75 Å². The summed E-state index contributed by atoms with van der Waals surface area (Å²) < 4.78 is 5.27. The summed E-state index contributed by atoms with van der Waals surface area (Å²) in [5, 5.41) is 10.4. The molecule has 2 aromatic carbocycles. The first kappa shape index (κ1) is 18.5. The van der Waals surface area contributed by atoms with E-state index < -0.39 is 5.60 Å². The minimum Gasteiger partial charge on any atom is -0.497 e. The van der Waals surface area contributed by atoms with Crippen molar-refractivity contribution in [3.05, 3.63) is 83.4 Å². The molecule has 2 heteroatoms. The molecule has 2 nitrogen and oxygen atoms in total. The van der Waals surface area contributed by atoms with Gasteiger partial charge in [-0.25, -0.2) is 0 Å². The van der Waals surface area contributed by atoms with E-state index in [1.54, 1.807) is 7.11 Å². The van der Waals surface area contributed by atoms with Gasteiger partial charge in [0, 0.05) is 0 Å². The second-order valence-electron chi connectivity index (χ2n) is 7.55. The standard InChI is InChI=1S/C24H28O2/c1-24(2,25)17-23(21-13-15-22(26-3)16-14-21)20-11-9-19(10-12-20)18-7-5-4-6-8-18/h4-8,11,13-17,19,25H,9-10,12H2,1-3H3/b23-17-. The Hall–Kier alpha value is -2.32. The van der Waals surface area contributed by atoms with E-state index in [1.807, 2.05) is 32.1 Å². The summed E-state index contributed by atoms with van der Waals surface area (Å²) in [6, 6.07) is 18.8. The van der Waals surface area contributed by atoms with Gasteiger partial charge in [0.1, 0.15) is 5.75 Å². The molecule has 2 aromatic rings. The van der Waals surface area contributed by atoms with E-state index in [9.17, 15) is 5.11 Å². The van der Waals surface area contributed by atoms with E-state index in [4.69, 9.17) is 4.74 Å². The maximum atomic E-state index is 10.4. The third-order valence-corrected chi connectivity index (χ3v) is 4.93. The Morgan fingerprint density at radius 2 is 1.77 bits per heavy atom. The first-order valence-electron chi connectivity index (χ1n) is 9.30. The van der Waals surface area contributed by atoms with Crippen LogP contribution in [0.25, 0.3) is 5.57 Å². The fraction of sp³-hybridized carbons (Fsp3) is 0.333. The van der Waals surface area contributed by atoms with Gasteiger partial charge in [0.2, 0.25) is 0 Å². The summed E-state index contributed by atoms with van der Waals surface area (Å²) in [5.41, 5.74) is 4.14. The van der Waals surface area contributed by atoms with Crippen LogP contribution in [0.2, 0.25) is 0 Å². The highest BCUT2D eigenvalue weighted by Crippen LogP contribution is 2.38. The molecular formula is C24H28O2. The van der Waals surface area contributed by atoms with Gasteiger partial charge in [-0.2, -0.15) is 0 Å². The lowest BCUT2D eigenvalue weighted by Crippen LogP contribution is -2.16. The zero-order chi connectivity index (χ0) is 18.6. The van der Waals surface area contributed by atoms with Crippen molar-refractivity contribution in [2.45, 2.75) is 44.6 Å². The Morgan fingerprint density at radius 3 is 2.31 bits per heavy atom. The molecule has 0 heterocycles. The highest BCUT2D eigenvalue weighted by molar-refractivity contribution is 5.80. The lowest BCUT2D eigenvalue weighted by Gasteiger charge is -2.25. The molecule has 1 N–H and O–H groups in total. The summed E-state index contributed by atoms with van der Waals surface area (Å²) in [6.45, 7) is 3.65. The maximum absolute atomic E-state index is 10.4. The summed E-state index contributed by atoms with van der Waals surface area (Å²) in [5.74, 6) is 1.43. The minimum atomic E-state index is -0.855. The number of methoxy groups -OCH3 is 1. The van der Waals surface area contributed by atoms with Crippen LogP contribution in [0.5, 0.6) is 5.75 Å². The molecule has 1 atom stereocenters. The van der Waals surface area contributed by atoms with Gasteiger partial charge in [-0.15, -0.1) is 0 Å². The monoisotopic (exact) mass is 348 g/mol. The van der Waals surface area contributed by atoms with Gasteiger partial charge in [0.25, 0.3) is 0 Å². The van der Waals surface area contributed by atoms with Crippen LogP contribution in [0.15, 0.2) is 72.3 Å². The maximum Gasteiger partial charge on any atom is 0.118 e. The van der Waals surface area contributed by atoms with Crippen LogP contribution >= 0.6 is 0 Å². The Balaban J connectivity index is 1.88. The molecule has 3 rings (SSSR count). The second-order valence-corrected chi connectivity index (χ2v) is 7.55.